The molecule has 3 aromatic rings. The normalized spacial score (nSPS) is 19.0. The molecule has 0 bridgehead atoms. The van der Waals surface area contributed by atoms with Crippen LogP contribution in [0.3, 0.4) is 0 Å². The highest BCUT2D eigenvalue weighted by atomic mass is 32.1. The second-order valence-electron chi connectivity index (χ2n) is 7.41. The number of ketones is 1. The minimum Gasteiger partial charge on any atom is -0.507 e. The van der Waals surface area contributed by atoms with Crippen LogP contribution in [0.4, 0.5) is 0 Å². The molecule has 1 saturated heterocycles. The number of carbonyl (C=O) groups is 2. The van der Waals surface area contributed by atoms with Crippen molar-refractivity contribution in [1.82, 2.24) is 14.8 Å². The summed E-state index contributed by atoms with van der Waals surface area (Å²) in [5.74, 6) is -1.31. The monoisotopic (exact) mass is 409 g/mol. The van der Waals surface area contributed by atoms with Crippen molar-refractivity contribution in [3.63, 3.8) is 0 Å². The number of hydrogen-bond donors (Lipinski definition) is 2. The van der Waals surface area contributed by atoms with Crippen LogP contribution in [0.5, 0.6) is 0 Å². The molecule has 29 heavy (non-hydrogen) atoms. The Bertz CT molecular complexity index is 1080. The molecule has 1 unspecified atom stereocenters. The van der Waals surface area contributed by atoms with Gasteiger partial charge >= 0.3 is 0 Å². The van der Waals surface area contributed by atoms with Gasteiger partial charge in [0.05, 0.1) is 11.6 Å². The Hall–Kier alpha value is -2.90. The van der Waals surface area contributed by atoms with Crippen molar-refractivity contribution in [3.8, 4) is 0 Å². The van der Waals surface area contributed by atoms with Gasteiger partial charge in [-0.2, -0.15) is 0 Å². The molecule has 3 heterocycles. The molecule has 0 aliphatic carbocycles. The number of fused-ring (bicyclic) bond motifs is 1. The number of hydrogen-bond acceptors (Lipinski definition) is 5. The Labute approximate surface area is 173 Å². The lowest BCUT2D eigenvalue weighted by Crippen LogP contribution is -2.32. The van der Waals surface area contributed by atoms with E-state index in [9.17, 15) is 14.7 Å². The zero-order valence-corrected chi connectivity index (χ0v) is 17.2. The topological polar surface area (TPSA) is 76.6 Å². The van der Waals surface area contributed by atoms with Gasteiger partial charge in [0.25, 0.3) is 11.7 Å². The summed E-state index contributed by atoms with van der Waals surface area (Å²) in [5, 5.41) is 13.9. The van der Waals surface area contributed by atoms with Crippen LogP contribution in [0.2, 0.25) is 0 Å². The fourth-order valence-electron chi connectivity index (χ4n) is 3.82. The van der Waals surface area contributed by atoms with Gasteiger partial charge < -0.3 is 19.9 Å². The van der Waals surface area contributed by atoms with Gasteiger partial charge in [-0.3, -0.25) is 9.59 Å². The number of carbonyl (C=O) groups excluding carboxylic acids is 2. The first-order valence-electron chi connectivity index (χ1n) is 9.52. The van der Waals surface area contributed by atoms with E-state index in [2.05, 4.69) is 4.98 Å². The Kier molecular flexibility index (Phi) is 5.25. The van der Waals surface area contributed by atoms with Crippen molar-refractivity contribution in [2.45, 2.75) is 12.5 Å². The minimum absolute atomic E-state index is 0.130. The number of benzene rings is 1. The molecule has 0 radical (unpaired) electrons. The van der Waals surface area contributed by atoms with Crippen LogP contribution in [0, 0.1) is 0 Å². The van der Waals surface area contributed by atoms with Gasteiger partial charge in [0.15, 0.2) is 0 Å². The van der Waals surface area contributed by atoms with Gasteiger partial charge in [-0.05, 0) is 44.6 Å². The van der Waals surface area contributed by atoms with Crippen molar-refractivity contribution in [2.75, 3.05) is 27.2 Å². The predicted molar refractivity (Wildman–Crippen MR) is 115 cm³/mol. The molecular formula is C22H23N3O3S. The minimum atomic E-state index is -0.629. The first-order chi connectivity index (χ1) is 14.0. The average Bonchev–Trinajstić information content (AvgIpc) is 3.42. The molecule has 1 aliphatic heterocycles. The van der Waals surface area contributed by atoms with Gasteiger partial charge in [-0.1, -0.05) is 24.3 Å². The molecule has 1 fully saturated rings. The number of Topliss-reactive ketones (excluding diaryl/α,β-unsaturated/α-hetero) is 1. The van der Waals surface area contributed by atoms with Crippen LogP contribution in [0.25, 0.3) is 16.7 Å². The first-order valence-corrected chi connectivity index (χ1v) is 10.4. The number of aromatic amines is 1. The standard InChI is InChI=1S/C22H23N3O3S/c1-24(2)10-6-11-25-19(17-9-5-12-29-17)18(21(27)22(25)28)20(26)15-13-23-16-8-4-3-7-14(15)16/h3-5,7-9,12-13,19,23,26H,6,10-11H2,1-2H3. The van der Waals surface area contributed by atoms with Crippen molar-refractivity contribution in [2.24, 2.45) is 0 Å². The SMILES string of the molecule is CN(C)CCCN1C(=O)C(=O)C(=C(O)c2c[nH]c3ccccc23)C1c1cccs1. The molecule has 7 heteroatoms. The molecule has 2 aromatic heterocycles. The largest absolute Gasteiger partial charge is 0.507 e. The summed E-state index contributed by atoms with van der Waals surface area (Å²) in [6, 6.07) is 10.8. The van der Waals surface area contributed by atoms with Crippen molar-refractivity contribution in [3.05, 3.63) is 64.0 Å². The van der Waals surface area contributed by atoms with Crippen molar-refractivity contribution >= 4 is 39.7 Å². The Morgan fingerprint density at radius 3 is 2.72 bits per heavy atom. The second-order valence-corrected chi connectivity index (χ2v) is 8.39. The number of para-hydroxylation sites is 1. The number of H-pyrrole nitrogens is 1. The van der Waals surface area contributed by atoms with Crippen molar-refractivity contribution < 1.29 is 14.7 Å². The van der Waals surface area contributed by atoms with Crippen molar-refractivity contribution in [1.29, 1.82) is 0 Å². The number of nitrogens with one attached hydrogen (secondary N) is 1. The molecule has 6 nitrogen and oxygen atoms in total. The highest BCUT2D eigenvalue weighted by Crippen LogP contribution is 2.41. The van der Waals surface area contributed by atoms with Gasteiger partial charge in [-0.25, -0.2) is 0 Å². The van der Waals surface area contributed by atoms with Gasteiger partial charge in [0.2, 0.25) is 0 Å². The molecule has 150 valence electrons. The smallest absolute Gasteiger partial charge is 0.295 e. The van der Waals surface area contributed by atoms with E-state index < -0.39 is 17.7 Å². The maximum Gasteiger partial charge on any atom is 0.295 e. The average molecular weight is 410 g/mol. The summed E-state index contributed by atoms with van der Waals surface area (Å²) < 4.78 is 0. The molecular weight excluding hydrogens is 386 g/mol. The lowest BCUT2D eigenvalue weighted by atomic mass is 9.99. The number of thiophene rings is 1. The number of nitrogens with zero attached hydrogens (tertiary/aromatic N) is 2. The molecule has 4 rings (SSSR count). The van der Waals surface area contributed by atoms with E-state index in [1.165, 1.54) is 11.3 Å². The Morgan fingerprint density at radius 2 is 2.00 bits per heavy atom. The quantitative estimate of drug-likeness (QED) is 0.370. The second kappa shape index (κ2) is 7.85. The maximum atomic E-state index is 13.0. The van der Waals surface area contributed by atoms with Gasteiger partial charge in [0, 0.05) is 34.1 Å². The fraction of sp³-hybridized carbons (Fsp3) is 0.273. The molecule has 1 amide bonds. The Morgan fingerprint density at radius 1 is 1.21 bits per heavy atom. The number of aliphatic hydroxyl groups excluding tert-OH is 1. The van der Waals surface area contributed by atoms with E-state index in [1.807, 2.05) is 60.8 Å². The predicted octanol–water partition coefficient (Wildman–Crippen LogP) is 3.60. The van der Waals surface area contributed by atoms with E-state index in [-0.39, 0.29) is 11.3 Å². The zero-order valence-electron chi connectivity index (χ0n) is 16.4. The molecule has 1 aliphatic rings. The first kappa shape index (κ1) is 19.4. The third-order valence-electron chi connectivity index (χ3n) is 5.20. The third kappa shape index (κ3) is 3.47. The molecule has 1 atom stereocenters. The number of aromatic nitrogens is 1. The number of likely N-dealkylation sites (tertiary alicyclic amines) is 1. The van der Waals surface area contributed by atoms with E-state index in [4.69, 9.17) is 0 Å². The highest BCUT2D eigenvalue weighted by Gasteiger charge is 2.46. The Balaban J connectivity index is 1.81. The van der Waals surface area contributed by atoms with Crippen LogP contribution in [0.15, 0.2) is 53.5 Å². The van der Waals surface area contributed by atoms with E-state index in [1.54, 1.807) is 11.1 Å². The molecule has 0 saturated carbocycles. The van der Waals surface area contributed by atoms with Crippen LogP contribution in [0.1, 0.15) is 22.9 Å². The molecule has 2 N–H and O–H groups in total. The molecule has 0 spiro atoms. The van der Waals surface area contributed by atoms with Crippen LogP contribution < -0.4 is 0 Å². The number of aliphatic hydroxyl groups is 1. The molecule has 1 aromatic carbocycles. The summed E-state index contributed by atoms with van der Waals surface area (Å²) in [4.78, 5) is 33.4. The lowest BCUT2D eigenvalue weighted by molar-refractivity contribution is -0.139. The fourth-order valence-corrected chi connectivity index (χ4v) is 4.67. The van der Waals surface area contributed by atoms with Gasteiger partial charge in [-0.15, -0.1) is 11.3 Å². The van der Waals surface area contributed by atoms with Crippen LogP contribution >= 0.6 is 11.3 Å². The number of amides is 1. The third-order valence-corrected chi connectivity index (χ3v) is 6.13. The summed E-state index contributed by atoms with van der Waals surface area (Å²) >= 11 is 1.48. The van der Waals surface area contributed by atoms with Gasteiger partial charge in [0.1, 0.15) is 5.76 Å². The summed E-state index contributed by atoms with van der Waals surface area (Å²) in [6.07, 6.45) is 2.43. The number of rotatable bonds is 6. The maximum absolute atomic E-state index is 13.0. The van der Waals surface area contributed by atoms with E-state index in [0.717, 1.165) is 28.7 Å². The summed E-state index contributed by atoms with van der Waals surface area (Å²) in [7, 11) is 3.95. The van der Waals surface area contributed by atoms with E-state index >= 15 is 0 Å². The zero-order chi connectivity index (χ0) is 20.5. The lowest BCUT2D eigenvalue weighted by Gasteiger charge is -2.24. The summed E-state index contributed by atoms with van der Waals surface area (Å²) in [6.45, 7) is 1.26. The highest BCUT2D eigenvalue weighted by molar-refractivity contribution is 7.10. The van der Waals surface area contributed by atoms with Crippen LogP contribution in [-0.4, -0.2) is 58.8 Å². The summed E-state index contributed by atoms with van der Waals surface area (Å²) in [5.41, 5.74) is 1.56. The van der Waals surface area contributed by atoms with Crippen LogP contribution in [-0.2, 0) is 9.59 Å². The van der Waals surface area contributed by atoms with E-state index in [0.29, 0.717) is 12.1 Å².